The lowest BCUT2D eigenvalue weighted by molar-refractivity contribution is -0.124. The number of carbonyl (C=O) groups is 1. The molecule has 154 valence electrons. The lowest BCUT2D eigenvalue weighted by atomic mass is 10.1. The highest BCUT2D eigenvalue weighted by Gasteiger charge is 2.23. The summed E-state index contributed by atoms with van der Waals surface area (Å²) in [4.78, 5) is 16.5. The first kappa shape index (κ1) is 20.9. The van der Waals surface area contributed by atoms with E-state index in [0.717, 1.165) is 43.0 Å². The van der Waals surface area contributed by atoms with Gasteiger partial charge in [0, 0.05) is 32.4 Å². The van der Waals surface area contributed by atoms with E-state index in [1.807, 2.05) is 24.3 Å². The first-order chi connectivity index (χ1) is 14.2. The quantitative estimate of drug-likeness (QED) is 0.498. The van der Waals surface area contributed by atoms with Crippen LogP contribution in [0.4, 0.5) is 5.69 Å². The molecule has 0 bridgehead atoms. The number of nitrogens with one attached hydrogen (secondary N) is 3. The Hall–Kier alpha value is -2.86. The van der Waals surface area contributed by atoms with Crippen LogP contribution in [-0.2, 0) is 29.0 Å². The first-order valence-corrected chi connectivity index (χ1v) is 10.2. The third kappa shape index (κ3) is 6.06. The second-order valence-corrected chi connectivity index (χ2v) is 7.09. The van der Waals surface area contributed by atoms with Crippen LogP contribution in [0, 0.1) is 0 Å². The molecule has 1 saturated heterocycles. The maximum absolute atomic E-state index is 12.2. The summed E-state index contributed by atoms with van der Waals surface area (Å²) in [6.07, 6.45) is 2.41. The van der Waals surface area contributed by atoms with Gasteiger partial charge in [0.25, 0.3) is 5.91 Å². The minimum atomic E-state index is -0.328. The van der Waals surface area contributed by atoms with E-state index in [-0.39, 0.29) is 12.0 Å². The number of hydrogen-bond acceptors (Lipinski definition) is 3. The largest absolute Gasteiger partial charge is 0.368 e. The Morgan fingerprint density at radius 2 is 1.90 bits per heavy atom. The molecule has 2 aromatic rings. The van der Waals surface area contributed by atoms with E-state index in [4.69, 9.17) is 4.74 Å². The number of hydrogen-bond donors (Lipinski definition) is 3. The smallest absolute Gasteiger partial charge is 0.253 e. The van der Waals surface area contributed by atoms with Crippen molar-refractivity contribution >= 4 is 17.6 Å². The van der Waals surface area contributed by atoms with Crippen molar-refractivity contribution in [1.29, 1.82) is 0 Å². The minimum Gasteiger partial charge on any atom is -0.368 e. The predicted molar refractivity (Wildman–Crippen MR) is 117 cm³/mol. The van der Waals surface area contributed by atoms with Gasteiger partial charge in [-0.05, 0) is 48.1 Å². The second-order valence-electron chi connectivity index (χ2n) is 7.09. The highest BCUT2D eigenvalue weighted by molar-refractivity contribution is 5.94. The van der Waals surface area contributed by atoms with Crippen molar-refractivity contribution in [1.82, 2.24) is 10.6 Å². The van der Waals surface area contributed by atoms with Gasteiger partial charge in [0.2, 0.25) is 0 Å². The zero-order valence-corrected chi connectivity index (χ0v) is 17.2. The molecule has 0 radical (unpaired) electrons. The second kappa shape index (κ2) is 10.6. The summed E-state index contributed by atoms with van der Waals surface area (Å²) < 4.78 is 5.44. The molecule has 1 heterocycles. The lowest BCUT2D eigenvalue weighted by Crippen LogP contribution is -2.36. The molecule has 1 aliphatic heterocycles. The summed E-state index contributed by atoms with van der Waals surface area (Å²) in [6, 6.07) is 16.3. The fourth-order valence-electron chi connectivity index (χ4n) is 3.43. The molecule has 1 amide bonds. The van der Waals surface area contributed by atoms with E-state index >= 15 is 0 Å². The monoisotopic (exact) mass is 394 g/mol. The predicted octanol–water partition coefficient (Wildman–Crippen LogP) is 3.23. The van der Waals surface area contributed by atoms with Crippen LogP contribution in [0.2, 0.25) is 0 Å². The molecule has 1 aliphatic rings. The third-order valence-electron chi connectivity index (χ3n) is 5.05. The normalized spacial score (nSPS) is 16.5. The van der Waals surface area contributed by atoms with Gasteiger partial charge >= 0.3 is 0 Å². The number of aliphatic imine (C=N–C) groups is 1. The molecule has 1 fully saturated rings. The van der Waals surface area contributed by atoms with Gasteiger partial charge in [-0.1, -0.05) is 43.3 Å². The fraction of sp³-hybridized carbons (Fsp3) is 0.391. The standard InChI is InChI=1S/C23H30N4O2/c1-3-18-9-4-5-10-19(18)16-26-23(24-2)25-15-17-8-6-11-20(14-17)27-22(28)21-12-7-13-29-21/h4-6,8-11,14,21H,3,7,12-13,15-16H2,1-2H3,(H,27,28)(H2,24,25,26). The Morgan fingerprint density at radius 1 is 1.10 bits per heavy atom. The van der Waals surface area contributed by atoms with Gasteiger partial charge in [-0.15, -0.1) is 0 Å². The SMILES string of the molecule is CCc1ccccc1CNC(=NC)NCc1cccc(NC(=O)C2CCCO2)c1. The number of nitrogens with zero attached hydrogens (tertiary/aromatic N) is 1. The average molecular weight is 395 g/mol. The molecule has 0 aliphatic carbocycles. The van der Waals surface area contributed by atoms with E-state index in [9.17, 15) is 4.79 Å². The number of rotatable bonds is 7. The molecule has 3 N–H and O–H groups in total. The summed E-state index contributed by atoms with van der Waals surface area (Å²) >= 11 is 0. The Labute approximate surface area is 172 Å². The highest BCUT2D eigenvalue weighted by atomic mass is 16.5. The first-order valence-electron chi connectivity index (χ1n) is 10.2. The number of carbonyl (C=O) groups excluding carboxylic acids is 1. The number of aryl methyl sites for hydroxylation is 1. The van der Waals surface area contributed by atoms with Crippen LogP contribution in [0.25, 0.3) is 0 Å². The van der Waals surface area contributed by atoms with Crippen molar-refractivity contribution in [3.05, 3.63) is 65.2 Å². The maximum atomic E-state index is 12.2. The van der Waals surface area contributed by atoms with Crippen LogP contribution in [0.1, 0.15) is 36.5 Å². The number of benzene rings is 2. The number of amides is 1. The maximum Gasteiger partial charge on any atom is 0.253 e. The van der Waals surface area contributed by atoms with Crippen molar-refractivity contribution in [2.45, 2.75) is 45.4 Å². The average Bonchev–Trinajstić information content (AvgIpc) is 3.29. The molecule has 29 heavy (non-hydrogen) atoms. The van der Waals surface area contributed by atoms with Gasteiger partial charge in [-0.25, -0.2) is 0 Å². The Bertz CT molecular complexity index is 844. The molecular formula is C23H30N4O2. The number of ether oxygens (including phenoxy) is 1. The third-order valence-corrected chi connectivity index (χ3v) is 5.05. The van der Waals surface area contributed by atoms with Crippen molar-refractivity contribution < 1.29 is 9.53 Å². The van der Waals surface area contributed by atoms with E-state index < -0.39 is 0 Å². The molecule has 0 saturated carbocycles. The van der Waals surface area contributed by atoms with Crippen LogP contribution in [0.5, 0.6) is 0 Å². The zero-order chi connectivity index (χ0) is 20.5. The molecule has 3 rings (SSSR count). The van der Waals surface area contributed by atoms with Gasteiger partial charge < -0.3 is 20.7 Å². The molecule has 1 unspecified atom stereocenters. The van der Waals surface area contributed by atoms with Crippen molar-refractivity contribution in [2.75, 3.05) is 19.0 Å². The van der Waals surface area contributed by atoms with E-state index in [1.165, 1.54) is 11.1 Å². The van der Waals surface area contributed by atoms with Crippen molar-refractivity contribution in [3.8, 4) is 0 Å². The summed E-state index contributed by atoms with van der Waals surface area (Å²) in [7, 11) is 1.76. The summed E-state index contributed by atoms with van der Waals surface area (Å²) in [5.41, 5.74) is 4.46. The topological polar surface area (TPSA) is 74.8 Å². The van der Waals surface area contributed by atoms with Gasteiger partial charge in [0.15, 0.2) is 5.96 Å². The highest BCUT2D eigenvalue weighted by Crippen LogP contribution is 2.16. The molecule has 2 aromatic carbocycles. The summed E-state index contributed by atoms with van der Waals surface area (Å²) in [6.45, 7) is 4.16. The van der Waals surface area contributed by atoms with Gasteiger partial charge in [-0.2, -0.15) is 0 Å². The van der Waals surface area contributed by atoms with E-state index in [0.29, 0.717) is 13.2 Å². The van der Waals surface area contributed by atoms with E-state index in [1.54, 1.807) is 7.05 Å². The zero-order valence-electron chi connectivity index (χ0n) is 17.2. The number of guanidine groups is 1. The molecule has 1 atom stereocenters. The Kier molecular flexibility index (Phi) is 7.64. The summed E-state index contributed by atoms with van der Waals surface area (Å²) in [5.74, 6) is 0.671. The van der Waals surface area contributed by atoms with Crippen molar-refractivity contribution in [3.63, 3.8) is 0 Å². The molecule has 0 aromatic heterocycles. The van der Waals surface area contributed by atoms with Crippen LogP contribution in [-0.4, -0.2) is 31.6 Å². The van der Waals surface area contributed by atoms with Gasteiger partial charge in [0.05, 0.1) is 0 Å². The lowest BCUT2D eigenvalue weighted by Gasteiger charge is -2.15. The van der Waals surface area contributed by atoms with Crippen LogP contribution in [0.15, 0.2) is 53.5 Å². The van der Waals surface area contributed by atoms with Crippen LogP contribution >= 0.6 is 0 Å². The molecular weight excluding hydrogens is 364 g/mol. The van der Waals surface area contributed by atoms with Crippen LogP contribution in [0.3, 0.4) is 0 Å². The minimum absolute atomic E-state index is 0.0697. The molecule has 6 nitrogen and oxygen atoms in total. The van der Waals surface area contributed by atoms with Crippen LogP contribution < -0.4 is 16.0 Å². The van der Waals surface area contributed by atoms with E-state index in [2.05, 4.69) is 52.1 Å². The molecule has 0 spiro atoms. The molecule has 6 heteroatoms. The fourth-order valence-corrected chi connectivity index (χ4v) is 3.43. The van der Waals surface area contributed by atoms with Gasteiger partial charge in [-0.3, -0.25) is 9.79 Å². The number of anilines is 1. The summed E-state index contributed by atoms with van der Waals surface area (Å²) in [5, 5.41) is 9.65. The Morgan fingerprint density at radius 3 is 2.62 bits per heavy atom. The van der Waals surface area contributed by atoms with Crippen molar-refractivity contribution in [2.24, 2.45) is 4.99 Å². The van der Waals surface area contributed by atoms with Gasteiger partial charge in [0.1, 0.15) is 6.10 Å². The Balaban J connectivity index is 1.52.